The van der Waals surface area contributed by atoms with E-state index in [1.54, 1.807) is 31.8 Å². The Kier molecular flexibility index (Phi) is 9.82. The highest BCUT2D eigenvalue weighted by Crippen LogP contribution is 2.42. The van der Waals surface area contributed by atoms with Crippen LogP contribution in [0.25, 0.3) is 17.5 Å². The topological polar surface area (TPSA) is 84.1 Å². The molecular weight excluding hydrogens is 659 g/mol. The van der Waals surface area contributed by atoms with E-state index in [1.807, 2.05) is 48.5 Å². The molecule has 0 saturated heterocycles. The normalized spacial score (nSPS) is 16.5. The van der Waals surface area contributed by atoms with Crippen LogP contribution in [0.1, 0.15) is 84.6 Å². The Morgan fingerprint density at radius 2 is 1.69 bits per heavy atom. The number of aromatic nitrogens is 2. The van der Waals surface area contributed by atoms with Gasteiger partial charge in [0.25, 0.3) is 5.56 Å². The monoisotopic (exact) mass is 701 g/mol. The lowest BCUT2D eigenvalue weighted by molar-refractivity contribution is -0.138. The van der Waals surface area contributed by atoms with Crippen molar-refractivity contribution >= 4 is 29.1 Å². The number of para-hydroxylation sites is 1. The van der Waals surface area contributed by atoms with E-state index in [9.17, 15) is 9.59 Å². The lowest BCUT2D eigenvalue weighted by Gasteiger charge is -2.27. The van der Waals surface area contributed by atoms with Crippen molar-refractivity contribution in [1.29, 1.82) is 0 Å². The standard InChI is InChI=1S/C42H43N3O5S/c1-6-50-41(47)36-37(30-16-11-8-12-17-30)43-42-45(38(36)33-18-13-19-34(48-4)39(33)49-5)40(46)35(51-42)25-31-24-26(2)44(27(31)3)32-22-20-29(21-23-32)28-14-9-7-10-15-28/h8,11-13,16-25,28,38H,6-7,9-10,14-15H2,1-5H3/b35-25-. The van der Waals surface area contributed by atoms with Crippen LogP contribution in [-0.4, -0.2) is 35.9 Å². The Morgan fingerprint density at radius 1 is 0.941 bits per heavy atom. The molecular formula is C42H43N3O5S. The fraction of sp³-hybridized carbons (Fsp3) is 0.310. The van der Waals surface area contributed by atoms with Crippen molar-refractivity contribution in [3.05, 3.63) is 138 Å². The number of thiazole rings is 1. The summed E-state index contributed by atoms with van der Waals surface area (Å²) in [5.41, 5.74) is 7.34. The molecule has 9 heteroatoms. The second kappa shape index (κ2) is 14.6. The van der Waals surface area contributed by atoms with E-state index in [1.165, 1.54) is 49.0 Å². The summed E-state index contributed by atoms with van der Waals surface area (Å²) in [6.45, 7) is 6.10. The summed E-state index contributed by atoms with van der Waals surface area (Å²) in [6, 6.07) is 25.2. The van der Waals surface area contributed by atoms with Crippen LogP contribution in [0.5, 0.6) is 11.5 Å². The van der Waals surface area contributed by atoms with Crippen molar-refractivity contribution in [2.24, 2.45) is 4.99 Å². The minimum Gasteiger partial charge on any atom is -0.493 e. The van der Waals surface area contributed by atoms with Crippen LogP contribution in [0, 0.1) is 13.8 Å². The molecule has 2 aromatic heterocycles. The number of hydrogen-bond acceptors (Lipinski definition) is 7. The molecule has 1 aliphatic heterocycles. The molecule has 8 nitrogen and oxygen atoms in total. The summed E-state index contributed by atoms with van der Waals surface area (Å²) >= 11 is 1.30. The van der Waals surface area contributed by atoms with Crippen LogP contribution < -0.4 is 24.4 Å². The van der Waals surface area contributed by atoms with Crippen LogP contribution >= 0.6 is 11.3 Å². The average molecular weight is 702 g/mol. The summed E-state index contributed by atoms with van der Waals surface area (Å²) in [5.74, 6) is 1.00. The Bertz CT molecular complexity index is 2290. The zero-order chi connectivity index (χ0) is 35.6. The second-order valence-corrected chi connectivity index (χ2v) is 14.1. The van der Waals surface area contributed by atoms with Gasteiger partial charge in [0, 0.05) is 28.2 Å². The Hall–Kier alpha value is -5.15. The Balaban J connectivity index is 1.40. The van der Waals surface area contributed by atoms with Gasteiger partial charge < -0.3 is 18.8 Å². The van der Waals surface area contributed by atoms with Crippen LogP contribution in [0.15, 0.2) is 94.2 Å². The number of methoxy groups -OCH3 is 2. The fourth-order valence-electron chi connectivity index (χ4n) is 7.67. The molecule has 0 N–H and O–H groups in total. The van der Waals surface area contributed by atoms with E-state index >= 15 is 0 Å². The van der Waals surface area contributed by atoms with Crippen molar-refractivity contribution in [3.63, 3.8) is 0 Å². The predicted molar refractivity (Wildman–Crippen MR) is 202 cm³/mol. The molecule has 1 fully saturated rings. The number of rotatable bonds is 9. The highest BCUT2D eigenvalue weighted by molar-refractivity contribution is 7.07. The molecule has 3 aromatic carbocycles. The number of fused-ring (bicyclic) bond motifs is 1. The zero-order valence-corrected chi connectivity index (χ0v) is 30.6. The Labute approximate surface area is 302 Å². The first-order chi connectivity index (χ1) is 24.8. The SMILES string of the molecule is CCOC(=O)C1=C(c2ccccc2)N=c2s/c(=C\c3cc(C)n(-c4ccc(C5CCCCC5)cc4)c3C)c(=O)n2C1c1cccc(OC)c1OC. The number of aryl methyl sites for hydroxylation is 1. The number of benzene rings is 3. The van der Waals surface area contributed by atoms with Gasteiger partial charge in [-0.1, -0.05) is 85.2 Å². The first-order valence-electron chi connectivity index (χ1n) is 17.6. The molecule has 262 valence electrons. The third-order valence-corrected chi connectivity index (χ3v) is 11.1. The second-order valence-electron chi connectivity index (χ2n) is 13.1. The van der Waals surface area contributed by atoms with Crippen LogP contribution in [-0.2, 0) is 9.53 Å². The molecule has 1 aliphatic carbocycles. The van der Waals surface area contributed by atoms with E-state index in [-0.39, 0.29) is 17.7 Å². The zero-order valence-electron chi connectivity index (χ0n) is 29.8. The van der Waals surface area contributed by atoms with E-state index in [0.29, 0.717) is 38.0 Å². The molecule has 1 saturated carbocycles. The minimum absolute atomic E-state index is 0.162. The third-order valence-electron chi connectivity index (χ3n) is 10.1. The lowest BCUT2D eigenvalue weighted by Crippen LogP contribution is -2.40. The van der Waals surface area contributed by atoms with Gasteiger partial charge in [-0.3, -0.25) is 9.36 Å². The largest absolute Gasteiger partial charge is 0.493 e. The van der Waals surface area contributed by atoms with Crippen molar-refractivity contribution in [3.8, 4) is 17.2 Å². The fourth-order valence-corrected chi connectivity index (χ4v) is 8.66. The van der Waals surface area contributed by atoms with E-state index < -0.39 is 12.0 Å². The van der Waals surface area contributed by atoms with Crippen LogP contribution in [0.3, 0.4) is 0 Å². The molecule has 0 spiro atoms. The molecule has 0 amide bonds. The molecule has 0 bridgehead atoms. The molecule has 51 heavy (non-hydrogen) atoms. The summed E-state index contributed by atoms with van der Waals surface area (Å²) in [6.07, 6.45) is 8.43. The van der Waals surface area contributed by atoms with Crippen molar-refractivity contribution in [2.45, 2.75) is 64.8 Å². The maximum absolute atomic E-state index is 14.6. The van der Waals surface area contributed by atoms with E-state index in [0.717, 1.165) is 28.2 Å². The maximum atomic E-state index is 14.6. The van der Waals surface area contributed by atoms with Gasteiger partial charge >= 0.3 is 5.97 Å². The quantitative estimate of drug-likeness (QED) is 0.150. The van der Waals surface area contributed by atoms with Gasteiger partial charge in [-0.25, -0.2) is 9.79 Å². The molecule has 2 aliphatic rings. The van der Waals surface area contributed by atoms with Crippen LogP contribution in [0.4, 0.5) is 0 Å². The number of hydrogen-bond donors (Lipinski definition) is 0. The smallest absolute Gasteiger partial charge is 0.338 e. The number of ether oxygens (including phenoxy) is 3. The van der Waals surface area contributed by atoms with E-state index in [2.05, 4.69) is 48.7 Å². The molecule has 1 unspecified atom stereocenters. The minimum atomic E-state index is -0.891. The van der Waals surface area contributed by atoms with Gasteiger partial charge in [0.2, 0.25) is 0 Å². The van der Waals surface area contributed by atoms with E-state index in [4.69, 9.17) is 19.2 Å². The summed E-state index contributed by atoms with van der Waals surface area (Å²) in [5, 5.41) is 0. The number of nitrogens with zero attached hydrogens (tertiary/aromatic N) is 3. The number of esters is 1. The van der Waals surface area contributed by atoms with Gasteiger partial charge in [0.1, 0.15) is 6.04 Å². The Morgan fingerprint density at radius 3 is 2.37 bits per heavy atom. The predicted octanol–water partition coefficient (Wildman–Crippen LogP) is 7.41. The molecule has 1 atom stereocenters. The average Bonchev–Trinajstić information content (AvgIpc) is 3.63. The summed E-state index contributed by atoms with van der Waals surface area (Å²) in [4.78, 5) is 34.0. The maximum Gasteiger partial charge on any atom is 0.338 e. The van der Waals surface area contributed by atoms with Crippen LogP contribution in [0.2, 0.25) is 0 Å². The van der Waals surface area contributed by atoms with Gasteiger partial charge in [0.15, 0.2) is 16.3 Å². The summed E-state index contributed by atoms with van der Waals surface area (Å²) in [7, 11) is 3.11. The summed E-state index contributed by atoms with van der Waals surface area (Å²) < 4.78 is 21.5. The molecule has 7 rings (SSSR count). The van der Waals surface area contributed by atoms with Gasteiger partial charge in [-0.15, -0.1) is 0 Å². The molecule has 3 heterocycles. The number of carbonyl (C=O) groups is 1. The molecule has 5 aromatic rings. The number of carbonyl (C=O) groups excluding carboxylic acids is 1. The third kappa shape index (κ3) is 6.35. The first-order valence-corrected chi connectivity index (χ1v) is 18.4. The van der Waals surface area contributed by atoms with Crippen molar-refractivity contribution in [2.75, 3.05) is 20.8 Å². The first kappa shape index (κ1) is 34.3. The van der Waals surface area contributed by atoms with Gasteiger partial charge in [-0.2, -0.15) is 0 Å². The van der Waals surface area contributed by atoms with Crippen molar-refractivity contribution in [1.82, 2.24) is 9.13 Å². The molecule has 0 radical (unpaired) electrons. The van der Waals surface area contributed by atoms with Gasteiger partial charge in [0.05, 0.1) is 36.6 Å². The van der Waals surface area contributed by atoms with Crippen molar-refractivity contribution < 1.29 is 19.0 Å². The van der Waals surface area contributed by atoms with Gasteiger partial charge in [-0.05, 0) is 81.0 Å². The highest BCUT2D eigenvalue weighted by atomic mass is 32.1. The lowest BCUT2D eigenvalue weighted by atomic mass is 9.84. The highest BCUT2D eigenvalue weighted by Gasteiger charge is 2.37.